The van der Waals surface area contributed by atoms with E-state index in [4.69, 9.17) is 4.42 Å². The van der Waals surface area contributed by atoms with Crippen molar-refractivity contribution >= 4 is 11.8 Å². The Hall–Kier alpha value is -3.41. The maximum atomic E-state index is 12.7. The van der Waals surface area contributed by atoms with E-state index in [9.17, 15) is 9.59 Å². The summed E-state index contributed by atoms with van der Waals surface area (Å²) in [5.74, 6) is 0.532. The fourth-order valence-electron chi connectivity index (χ4n) is 4.20. The Bertz CT molecular complexity index is 1020. The van der Waals surface area contributed by atoms with Crippen molar-refractivity contribution in [3.8, 4) is 0 Å². The van der Waals surface area contributed by atoms with Gasteiger partial charge >= 0.3 is 0 Å². The van der Waals surface area contributed by atoms with E-state index in [1.54, 1.807) is 6.26 Å². The fraction of sp³-hybridized carbons (Fsp3) is 0.346. The molecule has 4 rings (SSSR count). The van der Waals surface area contributed by atoms with E-state index in [0.717, 1.165) is 31.5 Å². The van der Waals surface area contributed by atoms with Gasteiger partial charge in [-0.15, -0.1) is 0 Å². The molecule has 2 heterocycles. The molecule has 0 radical (unpaired) electrons. The van der Waals surface area contributed by atoms with Crippen LogP contribution < -0.4 is 5.32 Å². The molecule has 1 unspecified atom stereocenters. The molecule has 6 nitrogen and oxygen atoms in total. The Morgan fingerprint density at radius 3 is 2.56 bits per heavy atom. The molecule has 3 aromatic rings. The van der Waals surface area contributed by atoms with E-state index in [0.29, 0.717) is 18.9 Å². The summed E-state index contributed by atoms with van der Waals surface area (Å²) in [7, 11) is 0. The second kappa shape index (κ2) is 10.8. The van der Waals surface area contributed by atoms with Crippen molar-refractivity contribution < 1.29 is 14.0 Å². The van der Waals surface area contributed by atoms with Crippen LogP contribution in [0.2, 0.25) is 0 Å². The van der Waals surface area contributed by atoms with Crippen LogP contribution in [0.5, 0.6) is 0 Å². The summed E-state index contributed by atoms with van der Waals surface area (Å²) >= 11 is 0. The van der Waals surface area contributed by atoms with Gasteiger partial charge in [0.2, 0.25) is 11.8 Å². The highest BCUT2D eigenvalue weighted by Gasteiger charge is 2.29. The van der Waals surface area contributed by atoms with Gasteiger partial charge in [0, 0.05) is 38.8 Å². The van der Waals surface area contributed by atoms with Crippen LogP contribution in [0, 0.1) is 0 Å². The number of hydrogen-bond donors (Lipinski definition) is 1. The average molecular weight is 432 g/mol. The fourth-order valence-corrected chi connectivity index (χ4v) is 4.20. The van der Waals surface area contributed by atoms with Crippen molar-refractivity contribution in [2.45, 2.75) is 44.6 Å². The maximum absolute atomic E-state index is 12.7. The topological polar surface area (TPSA) is 75.4 Å². The van der Waals surface area contributed by atoms with Gasteiger partial charge in [-0.05, 0) is 24.0 Å². The van der Waals surface area contributed by atoms with Crippen molar-refractivity contribution in [2.75, 3.05) is 13.1 Å². The van der Waals surface area contributed by atoms with Crippen LogP contribution in [-0.2, 0) is 22.4 Å². The molecular formula is C26H29N3O3. The van der Waals surface area contributed by atoms with Crippen LogP contribution in [-0.4, -0.2) is 34.8 Å². The van der Waals surface area contributed by atoms with E-state index in [1.807, 2.05) is 41.3 Å². The Morgan fingerprint density at radius 2 is 1.78 bits per heavy atom. The summed E-state index contributed by atoms with van der Waals surface area (Å²) in [4.78, 5) is 31.3. The Kier molecular flexibility index (Phi) is 7.33. The van der Waals surface area contributed by atoms with E-state index >= 15 is 0 Å². The van der Waals surface area contributed by atoms with Crippen molar-refractivity contribution in [2.24, 2.45) is 0 Å². The van der Waals surface area contributed by atoms with Gasteiger partial charge in [0.15, 0.2) is 5.89 Å². The third-order valence-corrected chi connectivity index (χ3v) is 5.81. The Morgan fingerprint density at radius 1 is 1.03 bits per heavy atom. The summed E-state index contributed by atoms with van der Waals surface area (Å²) in [6, 6.07) is 20.3. The molecular weight excluding hydrogens is 402 g/mol. The number of nitrogens with zero attached hydrogens (tertiary/aromatic N) is 2. The van der Waals surface area contributed by atoms with Gasteiger partial charge in [0.1, 0.15) is 6.26 Å². The lowest BCUT2D eigenvalue weighted by molar-refractivity contribution is -0.134. The zero-order chi connectivity index (χ0) is 22.2. The molecule has 6 heteroatoms. The molecule has 1 saturated heterocycles. The molecule has 1 aliphatic rings. The highest BCUT2D eigenvalue weighted by molar-refractivity contribution is 5.84. The molecule has 1 atom stereocenters. The third kappa shape index (κ3) is 5.84. The standard InChI is InChI=1S/C26H29N3O3/c30-24(13-14-26(31)29-17-7-12-23(29)21-10-5-2-6-11-21)27-16-15-25-28-22(19-32-25)18-20-8-3-1-4-9-20/h1-6,8-11,19,23H,7,12-18H2,(H,27,30). The number of carbonyl (C=O) groups is 2. The average Bonchev–Trinajstić information content (AvgIpc) is 3.49. The highest BCUT2D eigenvalue weighted by atomic mass is 16.3. The first-order chi connectivity index (χ1) is 15.7. The number of aromatic nitrogens is 1. The predicted molar refractivity (Wildman–Crippen MR) is 122 cm³/mol. The predicted octanol–water partition coefficient (Wildman–Crippen LogP) is 4.07. The molecule has 1 aliphatic heterocycles. The van der Waals surface area contributed by atoms with E-state index < -0.39 is 0 Å². The van der Waals surface area contributed by atoms with Crippen LogP contribution in [0.4, 0.5) is 0 Å². The molecule has 1 fully saturated rings. The molecule has 1 aromatic heterocycles. The molecule has 166 valence electrons. The van der Waals surface area contributed by atoms with Crippen molar-refractivity contribution in [3.05, 3.63) is 89.6 Å². The summed E-state index contributed by atoms with van der Waals surface area (Å²) in [5, 5.41) is 2.87. The van der Waals surface area contributed by atoms with Gasteiger partial charge in [-0.2, -0.15) is 0 Å². The highest BCUT2D eigenvalue weighted by Crippen LogP contribution is 2.32. The van der Waals surface area contributed by atoms with Gasteiger partial charge in [0.05, 0.1) is 11.7 Å². The number of amides is 2. The lowest BCUT2D eigenvalue weighted by Crippen LogP contribution is -2.32. The summed E-state index contributed by atoms with van der Waals surface area (Å²) < 4.78 is 5.52. The SMILES string of the molecule is O=C(CCC(=O)N1CCCC1c1ccccc1)NCCc1nc(Cc2ccccc2)co1. The lowest BCUT2D eigenvalue weighted by atomic mass is 10.0. The van der Waals surface area contributed by atoms with Gasteiger partial charge in [-0.3, -0.25) is 9.59 Å². The lowest BCUT2D eigenvalue weighted by Gasteiger charge is -2.25. The number of nitrogens with one attached hydrogen (secondary N) is 1. The first-order valence-corrected chi connectivity index (χ1v) is 11.3. The second-order valence-electron chi connectivity index (χ2n) is 8.15. The van der Waals surface area contributed by atoms with Crippen molar-refractivity contribution in [1.82, 2.24) is 15.2 Å². The number of carbonyl (C=O) groups excluding carboxylic acids is 2. The molecule has 2 amide bonds. The van der Waals surface area contributed by atoms with Gasteiger partial charge in [-0.25, -0.2) is 4.98 Å². The van der Waals surface area contributed by atoms with Gasteiger partial charge in [0.25, 0.3) is 0 Å². The summed E-state index contributed by atoms with van der Waals surface area (Å²) in [6.07, 6.45) is 5.32. The minimum Gasteiger partial charge on any atom is -0.449 e. The molecule has 0 saturated carbocycles. The minimum absolute atomic E-state index is 0.0461. The molecule has 0 spiro atoms. The molecule has 32 heavy (non-hydrogen) atoms. The van der Waals surface area contributed by atoms with Crippen LogP contribution in [0.15, 0.2) is 71.3 Å². The van der Waals surface area contributed by atoms with E-state index in [2.05, 4.69) is 34.6 Å². The van der Waals surface area contributed by atoms with Crippen molar-refractivity contribution in [3.63, 3.8) is 0 Å². The van der Waals surface area contributed by atoms with Crippen LogP contribution in [0.3, 0.4) is 0 Å². The number of benzene rings is 2. The molecule has 0 bridgehead atoms. The molecule has 2 aromatic carbocycles. The van der Waals surface area contributed by atoms with Crippen LogP contribution in [0.1, 0.15) is 54.4 Å². The monoisotopic (exact) mass is 431 g/mol. The molecule has 0 aliphatic carbocycles. The normalized spacial score (nSPS) is 15.6. The Labute approximate surface area is 188 Å². The van der Waals surface area contributed by atoms with Crippen LogP contribution >= 0.6 is 0 Å². The minimum atomic E-state index is -0.120. The van der Waals surface area contributed by atoms with E-state index in [1.165, 1.54) is 11.1 Å². The first-order valence-electron chi connectivity index (χ1n) is 11.3. The quantitative estimate of drug-likeness (QED) is 0.554. The molecule has 1 N–H and O–H groups in total. The number of oxazole rings is 1. The third-order valence-electron chi connectivity index (χ3n) is 5.81. The zero-order valence-electron chi connectivity index (χ0n) is 18.2. The number of hydrogen-bond acceptors (Lipinski definition) is 4. The largest absolute Gasteiger partial charge is 0.449 e. The van der Waals surface area contributed by atoms with E-state index in [-0.39, 0.29) is 30.7 Å². The second-order valence-corrected chi connectivity index (χ2v) is 8.15. The van der Waals surface area contributed by atoms with Gasteiger partial charge in [-0.1, -0.05) is 60.7 Å². The number of rotatable bonds is 9. The summed E-state index contributed by atoms with van der Waals surface area (Å²) in [5.41, 5.74) is 3.22. The number of likely N-dealkylation sites (tertiary alicyclic amines) is 1. The first kappa shape index (κ1) is 21.8. The van der Waals surface area contributed by atoms with Crippen molar-refractivity contribution in [1.29, 1.82) is 0 Å². The summed E-state index contributed by atoms with van der Waals surface area (Å²) in [6.45, 7) is 1.20. The smallest absolute Gasteiger partial charge is 0.223 e. The maximum Gasteiger partial charge on any atom is 0.223 e. The Balaban J connectivity index is 1.17. The van der Waals surface area contributed by atoms with Crippen LogP contribution in [0.25, 0.3) is 0 Å². The van der Waals surface area contributed by atoms with Gasteiger partial charge < -0.3 is 14.6 Å². The zero-order valence-corrected chi connectivity index (χ0v) is 18.2.